The van der Waals surface area contributed by atoms with Crippen LogP contribution in [0.3, 0.4) is 0 Å². The molecule has 1 aromatic heterocycles. The van der Waals surface area contributed by atoms with E-state index >= 15 is 0 Å². The number of carbonyl (C=O) groups is 1. The van der Waals surface area contributed by atoms with Crippen molar-refractivity contribution in [3.05, 3.63) is 11.8 Å². The van der Waals surface area contributed by atoms with Gasteiger partial charge in [0.05, 0.1) is 6.20 Å². The maximum absolute atomic E-state index is 11.1. The molecule has 1 heterocycles. The minimum Gasteiger partial charge on any atom is -0.338 e. The predicted octanol–water partition coefficient (Wildman–Crippen LogP) is 1.72. The van der Waals surface area contributed by atoms with Crippen molar-refractivity contribution in [3.8, 4) is 0 Å². The van der Waals surface area contributed by atoms with Crippen LogP contribution in [0.25, 0.3) is 0 Å². The van der Waals surface area contributed by atoms with Crippen molar-refractivity contribution < 1.29 is 9.32 Å². The SMILES string of the molecule is CCCC(=O)Nc1oncc1C. The second-order valence-corrected chi connectivity index (χ2v) is 2.64. The maximum atomic E-state index is 11.1. The summed E-state index contributed by atoms with van der Waals surface area (Å²) in [4.78, 5) is 11.1. The van der Waals surface area contributed by atoms with E-state index in [0.717, 1.165) is 12.0 Å². The van der Waals surface area contributed by atoms with Crippen molar-refractivity contribution in [1.29, 1.82) is 0 Å². The minimum absolute atomic E-state index is 0.0302. The fourth-order valence-electron chi connectivity index (χ4n) is 0.826. The summed E-state index contributed by atoms with van der Waals surface area (Å²) in [6, 6.07) is 0. The quantitative estimate of drug-likeness (QED) is 0.747. The third kappa shape index (κ3) is 2.08. The first-order valence-electron chi connectivity index (χ1n) is 3.95. The molecule has 0 saturated heterocycles. The van der Waals surface area contributed by atoms with Gasteiger partial charge in [0, 0.05) is 12.0 Å². The summed E-state index contributed by atoms with van der Waals surface area (Å²) in [6.45, 7) is 3.78. The standard InChI is InChI=1S/C8H12N2O2/c1-3-4-7(11)10-8-6(2)5-9-12-8/h5H,3-4H2,1-2H3,(H,10,11). The summed E-state index contributed by atoms with van der Waals surface area (Å²) in [5.41, 5.74) is 0.847. The number of aryl methyl sites for hydroxylation is 1. The molecule has 0 aliphatic carbocycles. The molecule has 1 aromatic rings. The summed E-state index contributed by atoms with van der Waals surface area (Å²) in [5.74, 6) is 0.422. The van der Waals surface area contributed by atoms with Gasteiger partial charge in [-0.3, -0.25) is 10.1 Å². The van der Waals surface area contributed by atoms with Crippen LogP contribution in [0.2, 0.25) is 0 Å². The van der Waals surface area contributed by atoms with Gasteiger partial charge in [0.25, 0.3) is 0 Å². The van der Waals surface area contributed by atoms with Crippen LogP contribution in [0.4, 0.5) is 5.88 Å². The largest absolute Gasteiger partial charge is 0.338 e. The number of aromatic nitrogens is 1. The van der Waals surface area contributed by atoms with Crippen LogP contribution in [-0.2, 0) is 4.79 Å². The molecule has 0 radical (unpaired) electrons. The summed E-state index contributed by atoms with van der Waals surface area (Å²) >= 11 is 0. The van der Waals surface area contributed by atoms with Crippen LogP contribution < -0.4 is 5.32 Å². The van der Waals surface area contributed by atoms with Crippen molar-refractivity contribution in [2.45, 2.75) is 26.7 Å². The number of hydrogen-bond acceptors (Lipinski definition) is 3. The summed E-state index contributed by atoms with van der Waals surface area (Å²) < 4.78 is 4.80. The van der Waals surface area contributed by atoms with E-state index in [-0.39, 0.29) is 5.91 Å². The van der Waals surface area contributed by atoms with Crippen molar-refractivity contribution in [2.24, 2.45) is 0 Å². The molecule has 0 atom stereocenters. The highest BCUT2D eigenvalue weighted by Crippen LogP contribution is 2.12. The van der Waals surface area contributed by atoms with Gasteiger partial charge in [-0.05, 0) is 13.3 Å². The number of carbonyl (C=O) groups excluding carboxylic acids is 1. The van der Waals surface area contributed by atoms with Crippen LogP contribution in [0.15, 0.2) is 10.7 Å². The Labute approximate surface area is 70.9 Å². The molecule has 0 spiro atoms. The van der Waals surface area contributed by atoms with E-state index in [4.69, 9.17) is 4.52 Å². The first-order chi connectivity index (χ1) is 5.74. The third-order valence-electron chi connectivity index (χ3n) is 1.48. The molecule has 1 amide bonds. The molecule has 0 aliphatic heterocycles. The molecule has 0 bridgehead atoms. The first kappa shape index (κ1) is 8.77. The van der Waals surface area contributed by atoms with Crippen LogP contribution in [0.1, 0.15) is 25.3 Å². The molecule has 0 fully saturated rings. The fraction of sp³-hybridized carbons (Fsp3) is 0.500. The lowest BCUT2D eigenvalue weighted by Crippen LogP contribution is -2.10. The summed E-state index contributed by atoms with van der Waals surface area (Å²) in [6.07, 6.45) is 2.92. The lowest BCUT2D eigenvalue weighted by Gasteiger charge is -1.98. The Kier molecular flexibility index (Phi) is 2.85. The zero-order valence-electron chi connectivity index (χ0n) is 7.26. The molecule has 4 nitrogen and oxygen atoms in total. The number of nitrogens with zero attached hydrogens (tertiary/aromatic N) is 1. The van der Waals surface area contributed by atoms with E-state index in [1.807, 2.05) is 13.8 Å². The molecule has 4 heteroatoms. The van der Waals surface area contributed by atoms with Gasteiger partial charge in [0.15, 0.2) is 0 Å². The number of nitrogens with one attached hydrogen (secondary N) is 1. The molecule has 1 rings (SSSR count). The van der Waals surface area contributed by atoms with Gasteiger partial charge in [-0.25, -0.2) is 0 Å². The lowest BCUT2D eigenvalue weighted by atomic mass is 10.3. The molecule has 0 unspecified atom stereocenters. The van der Waals surface area contributed by atoms with Gasteiger partial charge < -0.3 is 4.52 Å². The molecular weight excluding hydrogens is 156 g/mol. The maximum Gasteiger partial charge on any atom is 0.234 e. The number of amides is 1. The Morgan fingerprint density at radius 1 is 1.75 bits per heavy atom. The summed E-state index contributed by atoms with van der Waals surface area (Å²) in [5, 5.41) is 6.17. The van der Waals surface area contributed by atoms with Crippen LogP contribution in [0, 0.1) is 6.92 Å². The smallest absolute Gasteiger partial charge is 0.234 e. The average Bonchev–Trinajstić information content (AvgIpc) is 2.37. The Morgan fingerprint density at radius 3 is 3.00 bits per heavy atom. The Morgan fingerprint density at radius 2 is 2.50 bits per heavy atom. The molecular formula is C8H12N2O2. The van der Waals surface area contributed by atoms with Crippen molar-refractivity contribution in [2.75, 3.05) is 5.32 Å². The average molecular weight is 168 g/mol. The second kappa shape index (κ2) is 3.90. The van der Waals surface area contributed by atoms with Crippen LogP contribution in [-0.4, -0.2) is 11.1 Å². The molecule has 0 aromatic carbocycles. The van der Waals surface area contributed by atoms with Crippen LogP contribution in [0.5, 0.6) is 0 Å². The van der Waals surface area contributed by atoms with Gasteiger partial charge in [-0.2, -0.15) is 0 Å². The topological polar surface area (TPSA) is 55.1 Å². The van der Waals surface area contributed by atoms with E-state index in [1.165, 1.54) is 0 Å². The lowest BCUT2D eigenvalue weighted by molar-refractivity contribution is -0.116. The van der Waals surface area contributed by atoms with E-state index in [0.29, 0.717) is 12.3 Å². The van der Waals surface area contributed by atoms with Crippen LogP contribution >= 0.6 is 0 Å². The monoisotopic (exact) mass is 168 g/mol. The number of anilines is 1. The highest BCUT2D eigenvalue weighted by molar-refractivity contribution is 5.89. The minimum atomic E-state index is -0.0302. The number of hydrogen-bond donors (Lipinski definition) is 1. The third-order valence-corrected chi connectivity index (χ3v) is 1.48. The zero-order chi connectivity index (χ0) is 8.97. The van der Waals surface area contributed by atoms with E-state index < -0.39 is 0 Å². The van der Waals surface area contributed by atoms with Crippen molar-refractivity contribution in [3.63, 3.8) is 0 Å². The van der Waals surface area contributed by atoms with E-state index in [9.17, 15) is 4.79 Å². The first-order valence-corrected chi connectivity index (χ1v) is 3.95. The van der Waals surface area contributed by atoms with Gasteiger partial charge >= 0.3 is 0 Å². The predicted molar refractivity (Wildman–Crippen MR) is 44.8 cm³/mol. The Hall–Kier alpha value is -1.32. The van der Waals surface area contributed by atoms with Gasteiger partial charge in [-0.15, -0.1) is 0 Å². The van der Waals surface area contributed by atoms with E-state index in [2.05, 4.69) is 10.5 Å². The summed E-state index contributed by atoms with van der Waals surface area (Å²) in [7, 11) is 0. The number of rotatable bonds is 3. The Bertz CT molecular complexity index is 268. The van der Waals surface area contributed by atoms with Gasteiger partial charge in [-0.1, -0.05) is 12.1 Å². The van der Waals surface area contributed by atoms with Gasteiger partial charge in [0.1, 0.15) is 0 Å². The highest BCUT2D eigenvalue weighted by Gasteiger charge is 2.06. The second-order valence-electron chi connectivity index (χ2n) is 2.64. The molecule has 1 N–H and O–H groups in total. The van der Waals surface area contributed by atoms with Gasteiger partial charge in [0.2, 0.25) is 11.8 Å². The molecule has 12 heavy (non-hydrogen) atoms. The van der Waals surface area contributed by atoms with Crippen molar-refractivity contribution >= 4 is 11.8 Å². The highest BCUT2D eigenvalue weighted by atomic mass is 16.5. The molecule has 0 saturated carbocycles. The van der Waals surface area contributed by atoms with E-state index in [1.54, 1.807) is 6.20 Å². The normalized spacial score (nSPS) is 9.83. The fourth-order valence-corrected chi connectivity index (χ4v) is 0.826. The van der Waals surface area contributed by atoms with Crippen molar-refractivity contribution in [1.82, 2.24) is 5.16 Å². The molecule has 0 aliphatic rings. The Balaban J connectivity index is 2.52. The zero-order valence-corrected chi connectivity index (χ0v) is 7.26. The molecule has 66 valence electrons.